The summed E-state index contributed by atoms with van der Waals surface area (Å²) in [6.45, 7) is 3.28. The van der Waals surface area contributed by atoms with Gasteiger partial charge in [-0.2, -0.15) is 0 Å². The number of carbonyl (C=O) groups is 1. The molecule has 2 atom stereocenters. The van der Waals surface area contributed by atoms with Crippen LogP contribution < -0.4 is 0 Å². The Labute approximate surface area is 172 Å². The first-order valence-corrected chi connectivity index (χ1v) is 11.5. The van der Waals surface area contributed by atoms with E-state index >= 15 is 0 Å². The molecular formula is C22H26N2O4S. The number of hydrogen-bond donors (Lipinski definition) is 0. The first-order chi connectivity index (χ1) is 13.9. The zero-order chi connectivity index (χ0) is 20.4. The summed E-state index contributed by atoms with van der Waals surface area (Å²) >= 11 is 0. The summed E-state index contributed by atoms with van der Waals surface area (Å²) in [5.74, 6) is -0.131. The van der Waals surface area contributed by atoms with Crippen molar-refractivity contribution in [1.29, 1.82) is 0 Å². The minimum atomic E-state index is -3.66. The van der Waals surface area contributed by atoms with Gasteiger partial charge in [0.25, 0.3) is 5.91 Å². The Hall–Kier alpha value is -2.22. The Kier molecular flexibility index (Phi) is 5.72. The van der Waals surface area contributed by atoms with Gasteiger partial charge in [-0.3, -0.25) is 4.79 Å². The maximum Gasteiger partial charge on any atom is 0.255 e. The summed E-state index contributed by atoms with van der Waals surface area (Å²) in [5, 5.41) is 0. The van der Waals surface area contributed by atoms with E-state index in [-0.39, 0.29) is 34.1 Å². The molecule has 4 rings (SSSR count). The smallest absolute Gasteiger partial charge is 0.255 e. The van der Waals surface area contributed by atoms with Gasteiger partial charge in [0, 0.05) is 25.6 Å². The van der Waals surface area contributed by atoms with E-state index in [1.54, 1.807) is 30.3 Å². The highest BCUT2D eigenvalue weighted by atomic mass is 32.2. The zero-order valence-corrected chi connectivity index (χ0v) is 17.3. The van der Waals surface area contributed by atoms with Crippen LogP contribution in [0.3, 0.4) is 0 Å². The average Bonchev–Trinajstić information content (AvgIpc) is 2.98. The second-order valence-electron chi connectivity index (χ2n) is 7.98. The molecule has 2 fully saturated rings. The lowest BCUT2D eigenvalue weighted by Crippen LogP contribution is -2.46. The Bertz CT molecular complexity index is 977. The number of rotatable bonds is 4. The van der Waals surface area contributed by atoms with Crippen LogP contribution in [0.25, 0.3) is 0 Å². The van der Waals surface area contributed by atoms with Crippen molar-refractivity contribution in [3.05, 3.63) is 65.7 Å². The van der Waals surface area contributed by atoms with Crippen LogP contribution in [-0.4, -0.2) is 70.1 Å². The fourth-order valence-electron chi connectivity index (χ4n) is 4.27. The molecule has 0 saturated carbocycles. The molecular weight excluding hydrogens is 388 g/mol. The maximum absolute atomic E-state index is 13.5. The zero-order valence-electron chi connectivity index (χ0n) is 16.5. The minimum Gasteiger partial charge on any atom is -0.379 e. The largest absolute Gasteiger partial charge is 0.379 e. The molecule has 2 bridgehead atoms. The number of ether oxygens (including phenoxy) is 1. The molecule has 2 aromatic rings. The molecule has 0 unspecified atom stereocenters. The summed E-state index contributed by atoms with van der Waals surface area (Å²) < 4.78 is 32.1. The van der Waals surface area contributed by atoms with Gasteiger partial charge in [-0.1, -0.05) is 42.5 Å². The van der Waals surface area contributed by atoms with E-state index in [1.165, 1.54) is 6.07 Å². The third kappa shape index (κ3) is 4.37. The highest BCUT2D eigenvalue weighted by molar-refractivity contribution is 7.90. The summed E-state index contributed by atoms with van der Waals surface area (Å²) in [4.78, 5) is 17.7. The number of likely N-dealkylation sites (N-methyl/N-ethyl adjacent to an activating group) is 1. The molecule has 29 heavy (non-hydrogen) atoms. The molecule has 2 aromatic carbocycles. The molecule has 154 valence electrons. The van der Waals surface area contributed by atoms with Crippen LogP contribution in [0.15, 0.2) is 59.5 Å². The molecule has 0 spiro atoms. The number of nitrogens with zero attached hydrogens (tertiary/aromatic N) is 2. The van der Waals surface area contributed by atoms with Gasteiger partial charge in [-0.15, -0.1) is 0 Å². The predicted molar refractivity (Wildman–Crippen MR) is 110 cm³/mol. The summed E-state index contributed by atoms with van der Waals surface area (Å²) in [6, 6.07) is 15.5. The standard InChI is InChI=1S/C22H26N2O4S/c1-23-11-18-12-24(19(13-23)15-28-14-18)22(25)20-9-5-6-10-21(20)29(26,27)16-17-7-3-2-4-8-17/h2-10,18-19H,11-16H2,1H3/t18-,19-/m0/s1. The second kappa shape index (κ2) is 8.26. The first kappa shape index (κ1) is 20.1. The van der Waals surface area contributed by atoms with Gasteiger partial charge in [0.2, 0.25) is 0 Å². The van der Waals surface area contributed by atoms with E-state index in [2.05, 4.69) is 11.9 Å². The number of amides is 1. The molecule has 0 aliphatic carbocycles. The third-order valence-electron chi connectivity index (χ3n) is 5.56. The number of fused-ring (bicyclic) bond motifs is 3. The molecule has 2 aliphatic heterocycles. The van der Waals surface area contributed by atoms with Crippen LogP contribution in [0.4, 0.5) is 0 Å². The van der Waals surface area contributed by atoms with Crippen molar-refractivity contribution in [3.63, 3.8) is 0 Å². The van der Waals surface area contributed by atoms with Crippen LogP contribution in [0, 0.1) is 5.92 Å². The topological polar surface area (TPSA) is 66.9 Å². The van der Waals surface area contributed by atoms with Crippen molar-refractivity contribution in [1.82, 2.24) is 9.80 Å². The average molecular weight is 415 g/mol. The Morgan fingerprint density at radius 1 is 1.00 bits per heavy atom. The summed E-state index contributed by atoms with van der Waals surface area (Å²) in [7, 11) is -1.61. The van der Waals surface area contributed by atoms with Crippen molar-refractivity contribution in [2.24, 2.45) is 5.92 Å². The van der Waals surface area contributed by atoms with Gasteiger partial charge in [0.1, 0.15) is 0 Å². The Balaban J connectivity index is 1.66. The number of sulfone groups is 1. The van der Waals surface area contributed by atoms with E-state index in [0.29, 0.717) is 25.3 Å². The van der Waals surface area contributed by atoms with Crippen LogP contribution in [0.2, 0.25) is 0 Å². The second-order valence-corrected chi connectivity index (χ2v) is 9.93. The molecule has 7 heteroatoms. The Morgan fingerprint density at radius 3 is 2.52 bits per heavy atom. The molecule has 2 saturated heterocycles. The maximum atomic E-state index is 13.5. The minimum absolute atomic E-state index is 0.0788. The van der Waals surface area contributed by atoms with Gasteiger partial charge in [-0.05, 0) is 24.7 Å². The molecule has 0 N–H and O–H groups in total. The number of benzene rings is 2. The fourth-order valence-corrected chi connectivity index (χ4v) is 5.83. The van der Waals surface area contributed by atoms with Crippen molar-refractivity contribution in [2.75, 3.05) is 39.9 Å². The van der Waals surface area contributed by atoms with E-state index in [0.717, 1.165) is 13.1 Å². The Morgan fingerprint density at radius 2 is 1.72 bits per heavy atom. The van der Waals surface area contributed by atoms with E-state index in [4.69, 9.17) is 4.74 Å². The molecule has 0 radical (unpaired) electrons. The lowest BCUT2D eigenvalue weighted by atomic mass is 10.1. The summed E-state index contributed by atoms with van der Waals surface area (Å²) in [5.41, 5.74) is 0.953. The fraction of sp³-hybridized carbons (Fsp3) is 0.409. The van der Waals surface area contributed by atoms with Crippen molar-refractivity contribution >= 4 is 15.7 Å². The highest BCUT2D eigenvalue weighted by Crippen LogP contribution is 2.26. The lowest BCUT2D eigenvalue weighted by Gasteiger charge is -2.30. The van der Waals surface area contributed by atoms with Crippen molar-refractivity contribution < 1.29 is 17.9 Å². The van der Waals surface area contributed by atoms with E-state index < -0.39 is 9.84 Å². The van der Waals surface area contributed by atoms with E-state index in [1.807, 2.05) is 23.1 Å². The SMILES string of the molecule is CN1C[C@@H]2COC[C@H](C1)N(C(=O)c1ccccc1S(=O)(=O)Cc1ccccc1)C2. The third-order valence-corrected chi connectivity index (χ3v) is 7.30. The summed E-state index contributed by atoms with van der Waals surface area (Å²) in [6.07, 6.45) is 0. The quantitative estimate of drug-likeness (QED) is 0.766. The van der Waals surface area contributed by atoms with Crippen LogP contribution in [0.5, 0.6) is 0 Å². The van der Waals surface area contributed by atoms with Crippen LogP contribution in [0.1, 0.15) is 15.9 Å². The normalized spacial score (nSPS) is 22.9. The highest BCUT2D eigenvalue weighted by Gasteiger charge is 2.36. The monoisotopic (exact) mass is 414 g/mol. The first-order valence-electron chi connectivity index (χ1n) is 9.87. The van der Waals surface area contributed by atoms with E-state index in [9.17, 15) is 13.2 Å². The number of hydrogen-bond acceptors (Lipinski definition) is 5. The molecule has 2 aliphatic rings. The van der Waals surface area contributed by atoms with Crippen molar-refractivity contribution in [2.45, 2.75) is 16.7 Å². The predicted octanol–water partition coefficient (Wildman–Crippen LogP) is 2.06. The molecule has 0 aromatic heterocycles. The van der Waals surface area contributed by atoms with Gasteiger partial charge in [0.15, 0.2) is 9.84 Å². The lowest BCUT2D eigenvalue weighted by molar-refractivity contribution is 0.0481. The van der Waals surface area contributed by atoms with Gasteiger partial charge in [0.05, 0.1) is 35.5 Å². The van der Waals surface area contributed by atoms with Gasteiger partial charge < -0.3 is 14.5 Å². The van der Waals surface area contributed by atoms with Gasteiger partial charge in [-0.25, -0.2) is 8.42 Å². The van der Waals surface area contributed by atoms with Crippen molar-refractivity contribution in [3.8, 4) is 0 Å². The van der Waals surface area contributed by atoms with Crippen LogP contribution >= 0.6 is 0 Å². The molecule has 2 heterocycles. The molecule has 6 nitrogen and oxygen atoms in total. The van der Waals surface area contributed by atoms with Crippen LogP contribution in [-0.2, 0) is 20.3 Å². The number of carbonyl (C=O) groups excluding carboxylic acids is 1. The molecule has 1 amide bonds. The van der Waals surface area contributed by atoms with Gasteiger partial charge >= 0.3 is 0 Å².